The minimum atomic E-state index is -0.743. The smallest absolute Gasteiger partial charge is 0.359 e. The maximum atomic E-state index is 12.5. The van der Waals surface area contributed by atoms with Crippen LogP contribution >= 0.6 is 11.6 Å². The van der Waals surface area contributed by atoms with Gasteiger partial charge in [0.25, 0.3) is 0 Å². The molecule has 0 fully saturated rings. The molecule has 2 heterocycles. The highest BCUT2D eigenvalue weighted by molar-refractivity contribution is 6.33. The maximum Gasteiger partial charge on any atom is 0.359 e. The molecule has 148 valence electrons. The van der Waals surface area contributed by atoms with E-state index in [4.69, 9.17) is 16.3 Å². The number of esters is 1. The SMILES string of the molecule is Cc1cc(C)n(-c2ccc(Cl)c(C(=O)OCC(=O)c3ccc4c(c3)CCC4)n2)n1. The molecule has 0 radical (unpaired) electrons. The monoisotopic (exact) mass is 409 g/mol. The Morgan fingerprint density at radius 2 is 1.90 bits per heavy atom. The molecule has 0 amide bonds. The summed E-state index contributed by atoms with van der Waals surface area (Å²) in [6.07, 6.45) is 3.14. The summed E-state index contributed by atoms with van der Waals surface area (Å²) >= 11 is 6.14. The standard InChI is InChI=1S/C22H20ClN3O3/c1-13-10-14(2)26(25-13)20-9-8-18(23)21(24-20)22(28)29-12-19(27)17-7-6-15-4-3-5-16(15)11-17/h6-11H,3-5,12H2,1-2H3. The number of carbonyl (C=O) groups excluding carboxylic acids is 2. The number of ketones is 1. The number of rotatable bonds is 5. The quantitative estimate of drug-likeness (QED) is 0.469. The largest absolute Gasteiger partial charge is 0.453 e. The molecule has 6 nitrogen and oxygen atoms in total. The first-order valence-corrected chi connectivity index (χ1v) is 9.82. The van der Waals surface area contributed by atoms with Gasteiger partial charge in [-0.15, -0.1) is 0 Å². The fourth-order valence-corrected chi connectivity index (χ4v) is 3.76. The van der Waals surface area contributed by atoms with Crippen molar-refractivity contribution in [3.05, 3.63) is 75.2 Å². The lowest BCUT2D eigenvalue weighted by Crippen LogP contribution is -2.17. The molecule has 0 bridgehead atoms. The molecule has 0 spiro atoms. The second-order valence-corrected chi connectivity index (χ2v) is 7.58. The summed E-state index contributed by atoms with van der Waals surface area (Å²) in [5.41, 5.74) is 4.71. The van der Waals surface area contributed by atoms with Gasteiger partial charge < -0.3 is 4.74 Å². The van der Waals surface area contributed by atoms with Gasteiger partial charge in [0.2, 0.25) is 0 Å². The zero-order valence-electron chi connectivity index (χ0n) is 16.2. The number of ether oxygens (including phenoxy) is 1. The number of nitrogens with zero attached hydrogens (tertiary/aromatic N) is 3. The number of hydrogen-bond donors (Lipinski definition) is 0. The van der Waals surface area contributed by atoms with E-state index >= 15 is 0 Å². The van der Waals surface area contributed by atoms with E-state index in [2.05, 4.69) is 10.1 Å². The summed E-state index contributed by atoms with van der Waals surface area (Å²) in [5, 5.41) is 4.52. The molecule has 29 heavy (non-hydrogen) atoms. The summed E-state index contributed by atoms with van der Waals surface area (Å²) in [6.45, 7) is 3.41. The Hall–Kier alpha value is -2.99. The summed E-state index contributed by atoms with van der Waals surface area (Å²) < 4.78 is 6.83. The van der Waals surface area contributed by atoms with Gasteiger partial charge in [-0.1, -0.05) is 23.7 Å². The van der Waals surface area contributed by atoms with Crippen LogP contribution in [0.15, 0.2) is 36.4 Å². The Morgan fingerprint density at radius 3 is 2.66 bits per heavy atom. The van der Waals surface area contributed by atoms with Crippen molar-refractivity contribution in [1.82, 2.24) is 14.8 Å². The van der Waals surface area contributed by atoms with Gasteiger partial charge in [0.1, 0.15) is 0 Å². The number of aryl methyl sites for hydroxylation is 4. The van der Waals surface area contributed by atoms with Gasteiger partial charge in [-0.05, 0) is 68.5 Å². The van der Waals surface area contributed by atoms with Crippen molar-refractivity contribution < 1.29 is 14.3 Å². The van der Waals surface area contributed by atoms with Crippen LogP contribution in [0.25, 0.3) is 5.82 Å². The third-order valence-corrected chi connectivity index (χ3v) is 5.31. The van der Waals surface area contributed by atoms with Crippen molar-refractivity contribution in [2.24, 2.45) is 0 Å². The van der Waals surface area contributed by atoms with Crippen LogP contribution in [0.2, 0.25) is 5.02 Å². The number of hydrogen-bond acceptors (Lipinski definition) is 5. The van der Waals surface area contributed by atoms with Crippen LogP contribution in [-0.2, 0) is 17.6 Å². The topological polar surface area (TPSA) is 74.1 Å². The van der Waals surface area contributed by atoms with E-state index < -0.39 is 5.97 Å². The fraction of sp³-hybridized carbons (Fsp3) is 0.273. The normalized spacial score (nSPS) is 12.7. The minimum absolute atomic E-state index is 0.0431. The molecular weight excluding hydrogens is 390 g/mol. The Balaban J connectivity index is 1.49. The predicted octanol–water partition coefficient (Wildman–Crippen LogP) is 4.07. The molecule has 1 aromatic carbocycles. The minimum Gasteiger partial charge on any atom is -0.453 e. The molecule has 2 aromatic heterocycles. The lowest BCUT2D eigenvalue weighted by Gasteiger charge is -2.09. The van der Waals surface area contributed by atoms with Gasteiger partial charge in [0.15, 0.2) is 23.9 Å². The maximum absolute atomic E-state index is 12.5. The first-order chi connectivity index (χ1) is 13.9. The van der Waals surface area contributed by atoms with Gasteiger partial charge in [-0.25, -0.2) is 14.5 Å². The first kappa shape index (κ1) is 19.3. The average molecular weight is 410 g/mol. The van der Waals surface area contributed by atoms with Crippen LogP contribution in [-0.4, -0.2) is 33.1 Å². The summed E-state index contributed by atoms with van der Waals surface area (Å²) in [4.78, 5) is 29.3. The fourth-order valence-electron chi connectivity index (χ4n) is 3.58. The molecule has 0 saturated carbocycles. The van der Waals surface area contributed by atoms with Crippen LogP contribution in [0.3, 0.4) is 0 Å². The number of fused-ring (bicyclic) bond motifs is 1. The Bertz CT molecular complexity index is 1120. The first-order valence-electron chi connectivity index (χ1n) is 9.44. The number of aromatic nitrogens is 3. The zero-order valence-corrected chi connectivity index (χ0v) is 17.0. The second kappa shape index (κ2) is 7.79. The van der Waals surface area contributed by atoms with Crippen molar-refractivity contribution >= 4 is 23.4 Å². The molecule has 7 heteroatoms. The Labute approximate surface area is 173 Å². The van der Waals surface area contributed by atoms with Gasteiger partial charge in [-0.2, -0.15) is 5.10 Å². The molecule has 0 N–H and O–H groups in total. The lowest BCUT2D eigenvalue weighted by molar-refractivity contribution is 0.0469. The number of benzene rings is 1. The molecular formula is C22H20ClN3O3. The van der Waals surface area contributed by atoms with E-state index in [1.807, 2.05) is 32.0 Å². The highest BCUT2D eigenvalue weighted by Crippen LogP contribution is 2.23. The van der Waals surface area contributed by atoms with E-state index in [9.17, 15) is 9.59 Å². The highest BCUT2D eigenvalue weighted by atomic mass is 35.5. The highest BCUT2D eigenvalue weighted by Gasteiger charge is 2.19. The molecule has 1 aliphatic rings. The molecule has 1 aliphatic carbocycles. The van der Waals surface area contributed by atoms with Crippen LogP contribution in [0, 0.1) is 13.8 Å². The van der Waals surface area contributed by atoms with Crippen molar-refractivity contribution in [2.75, 3.05) is 6.61 Å². The van der Waals surface area contributed by atoms with E-state index in [-0.39, 0.29) is 23.1 Å². The third kappa shape index (κ3) is 3.93. The summed E-state index contributed by atoms with van der Waals surface area (Å²) in [7, 11) is 0. The van der Waals surface area contributed by atoms with Gasteiger partial charge in [0, 0.05) is 11.3 Å². The number of halogens is 1. The van der Waals surface area contributed by atoms with E-state index in [0.717, 1.165) is 30.7 Å². The van der Waals surface area contributed by atoms with Crippen LogP contribution in [0.5, 0.6) is 0 Å². The van der Waals surface area contributed by atoms with E-state index in [1.165, 1.54) is 11.1 Å². The number of Topliss-reactive ketones (excluding diaryl/α,β-unsaturated/α-hetero) is 1. The van der Waals surface area contributed by atoms with E-state index in [1.54, 1.807) is 22.9 Å². The van der Waals surface area contributed by atoms with Crippen LogP contribution in [0.4, 0.5) is 0 Å². The van der Waals surface area contributed by atoms with Crippen LogP contribution in [0.1, 0.15) is 49.8 Å². The molecule has 0 atom stereocenters. The van der Waals surface area contributed by atoms with Crippen molar-refractivity contribution in [2.45, 2.75) is 33.1 Å². The Morgan fingerprint density at radius 1 is 1.10 bits per heavy atom. The molecule has 3 aromatic rings. The lowest BCUT2D eigenvalue weighted by atomic mass is 10.0. The molecule has 4 rings (SSSR count). The van der Waals surface area contributed by atoms with Crippen molar-refractivity contribution in [3.63, 3.8) is 0 Å². The summed E-state index contributed by atoms with van der Waals surface area (Å²) in [5.74, 6) is -0.538. The van der Waals surface area contributed by atoms with Gasteiger partial charge in [0.05, 0.1) is 10.7 Å². The van der Waals surface area contributed by atoms with Crippen molar-refractivity contribution in [3.8, 4) is 5.82 Å². The van der Waals surface area contributed by atoms with Gasteiger partial charge in [-0.3, -0.25) is 4.79 Å². The predicted molar refractivity (Wildman–Crippen MR) is 109 cm³/mol. The number of carbonyl (C=O) groups is 2. The van der Waals surface area contributed by atoms with Gasteiger partial charge >= 0.3 is 5.97 Å². The third-order valence-electron chi connectivity index (χ3n) is 5.01. The van der Waals surface area contributed by atoms with Crippen molar-refractivity contribution in [1.29, 1.82) is 0 Å². The average Bonchev–Trinajstić information content (AvgIpc) is 3.31. The molecule has 0 aliphatic heterocycles. The van der Waals surface area contributed by atoms with E-state index in [0.29, 0.717) is 11.4 Å². The number of pyridine rings is 1. The van der Waals surface area contributed by atoms with Crippen LogP contribution < -0.4 is 0 Å². The zero-order chi connectivity index (χ0) is 20.5. The Kier molecular flexibility index (Phi) is 5.20. The molecule has 0 unspecified atom stereocenters. The second-order valence-electron chi connectivity index (χ2n) is 7.18. The summed E-state index contributed by atoms with van der Waals surface area (Å²) in [6, 6.07) is 10.8. The molecule has 0 saturated heterocycles.